The Bertz CT molecular complexity index is 1210. The van der Waals surface area contributed by atoms with Crippen LogP contribution in [0.3, 0.4) is 0 Å². The number of likely N-dealkylation sites (tertiary alicyclic amines) is 1. The molecule has 1 unspecified atom stereocenters. The first kappa shape index (κ1) is 23.7. The van der Waals surface area contributed by atoms with Crippen LogP contribution in [0.15, 0.2) is 60.9 Å². The summed E-state index contributed by atoms with van der Waals surface area (Å²) >= 11 is 6.24. The lowest BCUT2D eigenvalue weighted by atomic mass is 10.0. The number of aromatic nitrogens is 1. The van der Waals surface area contributed by atoms with Crippen LogP contribution in [0.2, 0.25) is 5.02 Å². The molecule has 3 heterocycles. The minimum atomic E-state index is -0.649. The number of ether oxygens (including phenoxy) is 1. The van der Waals surface area contributed by atoms with Crippen LogP contribution in [0.25, 0.3) is 10.8 Å². The van der Waals surface area contributed by atoms with Gasteiger partial charge < -0.3 is 15.0 Å². The van der Waals surface area contributed by atoms with E-state index in [2.05, 4.69) is 15.6 Å². The van der Waals surface area contributed by atoms with Crippen LogP contribution in [-0.4, -0.2) is 53.5 Å². The normalized spacial score (nSPS) is 20.8. The molecule has 0 radical (unpaired) electrons. The highest BCUT2D eigenvalue weighted by Gasteiger charge is 2.35. The van der Waals surface area contributed by atoms with E-state index in [1.54, 1.807) is 24.5 Å². The number of nitrogens with zero attached hydrogens (tertiary/aromatic N) is 2. The summed E-state index contributed by atoms with van der Waals surface area (Å²) in [5, 5.41) is 8.82. The van der Waals surface area contributed by atoms with Crippen LogP contribution in [-0.2, 0) is 14.3 Å². The topological polar surface area (TPSA) is 83.6 Å². The number of fused-ring (bicyclic) bond motifs is 1. The number of rotatable bonds is 7. The minimum absolute atomic E-state index is 0.0950. The van der Waals surface area contributed by atoms with Crippen LogP contribution in [0, 0.1) is 0 Å². The second-order valence-electron chi connectivity index (χ2n) is 9.15. The molecule has 2 amide bonds. The summed E-state index contributed by atoms with van der Waals surface area (Å²) in [5.74, 6) is -0.120. The number of halogens is 1. The van der Waals surface area contributed by atoms with Gasteiger partial charge in [-0.05, 0) is 43.4 Å². The minimum Gasteiger partial charge on any atom is -0.364 e. The molecule has 2 aliphatic heterocycles. The fourth-order valence-corrected chi connectivity index (χ4v) is 5.10. The van der Waals surface area contributed by atoms with Gasteiger partial charge in [-0.25, -0.2) is 0 Å². The highest BCUT2D eigenvalue weighted by Crippen LogP contribution is 2.26. The maximum Gasteiger partial charge on any atom is 0.251 e. The van der Waals surface area contributed by atoms with E-state index in [-0.39, 0.29) is 24.0 Å². The lowest BCUT2D eigenvalue weighted by Crippen LogP contribution is -2.40. The zero-order chi connectivity index (χ0) is 24.2. The third-order valence-corrected chi connectivity index (χ3v) is 6.96. The predicted molar refractivity (Wildman–Crippen MR) is 136 cm³/mol. The average Bonchev–Trinajstić information content (AvgIpc) is 3.57. The Labute approximate surface area is 209 Å². The number of carbonyl (C=O) groups excluding carboxylic acids is 2. The summed E-state index contributed by atoms with van der Waals surface area (Å²) in [6.07, 6.45) is 6.50. The second kappa shape index (κ2) is 10.7. The number of carbonyl (C=O) groups is 2. The monoisotopic (exact) mass is 492 g/mol. The van der Waals surface area contributed by atoms with Crippen molar-refractivity contribution in [1.29, 1.82) is 0 Å². The summed E-state index contributed by atoms with van der Waals surface area (Å²) < 4.78 is 6.08. The molecule has 3 aromatic rings. The van der Waals surface area contributed by atoms with Gasteiger partial charge in [0.1, 0.15) is 12.1 Å². The van der Waals surface area contributed by atoms with Crippen molar-refractivity contribution in [1.82, 2.24) is 15.2 Å². The summed E-state index contributed by atoms with van der Waals surface area (Å²) in [4.78, 5) is 32.3. The molecular weight excluding hydrogens is 464 g/mol. The molecule has 0 aliphatic carbocycles. The molecule has 1 aromatic heterocycles. The molecule has 35 heavy (non-hydrogen) atoms. The van der Waals surface area contributed by atoms with Gasteiger partial charge in [0.25, 0.3) is 5.91 Å². The Kier molecular flexibility index (Phi) is 7.27. The van der Waals surface area contributed by atoms with Gasteiger partial charge in [0, 0.05) is 41.6 Å². The Hall–Kier alpha value is -3.00. The molecule has 2 aliphatic rings. The molecule has 8 heteroatoms. The zero-order valence-corrected chi connectivity index (χ0v) is 20.2. The first-order chi connectivity index (χ1) is 17.1. The SMILES string of the molecule is O=C(Nc1cncc2ccccc12)C(NC[C@@H]1CC[C@H](C(=O)N2CCCC2)O1)c1cccc(Cl)c1. The number of pyridine rings is 1. The molecule has 2 aromatic carbocycles. The van der Waals surface area contributed by atoms with Crippen molar-refractivity contribution in [3.05, 3.63) is 71.5 Å². The van der Waals surface area contributed by atoms with E-state index >= 15 is 0 Å². The molecule has 0 saturated carbocycles. The molecule has 2 saturated heterocycles. The van der Waals surface area contributed by atoms with Crippen molar-refractivity contribution in [3.63, 3.8) is 0 Å². The number of benzene rings is 2. The van der Waals surface area contributed by atoms with Gasteiger partial charge in [-0.15, -0.1) is 0 Å². The first-order valence-electron chi connectivity index (χ1n) is 12.2. The highest BCUT2D eigenvalue weighted by atomic mass is 35.5. The number of anilines is 1. The molecular formula is C27H29ClN4O3. The van der Waals surface area contributed by atoms with Crippen molar-refractivity contribution < 1.29 is 14.3 Å². The van der Waals surface area contributed by atoms with E-state index in [4.69, 9.17) is 16.3 Å². The summed E-state index contributed by atoms with van der Waals surface area (Å²) in [5.41, 5.74) is 1.40. The third kappa shape index (κ3) is 5.48. The number of nitrogens with one attached hydrogen (secondary N) is 2. The molecule has 0 spiro atoms. The van der Waals surface area contributed by atoms with E-state index in [1.807, 2.05) is 41.3 Å². The van der Waals surface area contributed by atoms with E-state index in [1.165, 1.54) is 0 Å². The van der Waals surface area contributed by atoms with Crippen molar-refractivity contribution >= 4 is 39.9 Å². The zero-order valence-electron chi connectivity index (χ0n) is 19.5. The molecule has 2 N–H and O–H groups in total. The van der Waals surface area contributed by atoms with Gasteiger partial charge in [0.15, 0.2) is 0 Å². The van der Waals surface area contributed by atoms with Crippen molar-refractivity contribution in [2.24, 2.45) is 0 Å². The summed E-state index contributed by atoms with van der Waals surface area (Å²) in [6.45, 7) is 2.09. The van der Waals surface area contributed by atoms with Crippen LogP contribution in [0.1, 0.15) is 37.3 Å². The summed E-state index contributed by atoms with van der Waals surface area (Å²) in [7, 11) is 0. The highest BCUT2D eigenvalue weighted by molar-refractivity contribution is 6.30. The molecule has 182 valence electrons. The van der Waals surface area contributed by atoms with Crippen LogP contribution >= 0.6 is 11.6 Å². The predicted octanol–water partition coefficient (Wildman–Crippen LogP) is 4.33. The van der Waals surface area contributed by atoms with Gasteiger partial charge >= 0.3 is 0 Å². The third-order valence-electron chi connectivity index (χ3n) is 6.72. The number of hydrogen-bond donors (Lipinski definition) is 2. The fourth-order valence-electron chi connectivity index (χ4n) is 4.90. The Morgan fingerprint density at radius 1 is 1.09 bits per heavy atom. The number of amides is 2. The van der Waals surface area contributed by atoms with Gasteiger partial charge in [-0.2, -0.15) is 0 Å². The Morgan fingerprint density at radius 2 is 1.91 bits per heavy atom. The molecule has 3 atom stereocenters. The Morgan fingerprint density at radius 3 is 2.74 bits per heavy atom. The van der Waals surface area contributed by atoms with Crippen molar-refractivity contribution in [2.75, 3.05) is 25.0 Å². The molecule has 2 fully saturated rings. The van der Waals surface area contributed by atoms with E-state index in [0.29, 0.717) is 23.7 Å². The van der Waals surface area contributed by atoms with Crippen molar-refractivity contribution in [2.45, 2.75) is 43.9 Å². The van der Waals surface area contributed by atoms with E-state index in [9.17, 15) is 9.59 Å². The van der Waals surface area contributed by atoms with Crippen LogP contribution < -0.4 is 10.6 Å². The Balaban J connectivity index is 1.29. The number of hydrogen-bond acceptors (Lipinski definition) is 5. The first-order valence-corrected chi connectivity index (χ1v) is 12.5. The molecule has 5 rings (SSSR count). The standard InChI is InChI=1S/C27H29ClN4O3/c28-20-8-5-7-18(14-20)25(26(33)31-23-17-29-15-19-6-1-2-9-22(19)23)30-16-21-10-11-24(35-21)27(34)32-12-3-4-13-32/h1-2,5-9,14-15,17,21,24-25,30H,3-4,10-13,16H2,(H,31,33)/t21-,24+,25?/m0/s1. The van der Waals surface area contributed by atoms with Gasteiger partial charge in [-0.3, -0.25) is 19.9 Å². The van der Waals surface area contributed by atoms with E-state index in [0.717, 1.165) is 48.7 Å². The van der Waals surface area contributed by atoms with E-state index < -0.39 is 6.04 Å². The average molecular weight is 493 g/mol. The van der Waals surface area contributed by atoms with Crippen molar-refractivity contribution in [3.8, 4) is 0 Å². The maximum absolute atomic E-state index is 13.5. The van der Waals surface area contributed by atoms with Gasteiger partial charge in [-0.1, -0.05) is 48.0 Å². The molecule has 7 nitrogen and oxygen atoms in total. The van der Waals surface area contributed by atoms with Gasteiger partial charge in [0.05, 0.1) is 18.0 Å². The van der Waals surface area contributed by atoms with Crippen LogP contribution in [0.4, 0.5) is 5.69 Å². The quantitative estimate of drug-likeness (QED) is 0.513. The molecule has 0 bridgehead atoms. The summed E-state index contributed by atoms with van der Waals surface area (Å²) in [6, 6.07) is 14.4. The van der Waals surface area contributed by atoms with Crippen LogP contribution in [0.5, 0.6) is 0 Å². The smallest absolute Gasteiger partial charge is 0.251 e. The lowest BCUT2D eigenvalue weighted by molar-refractivity contribution is -0.141. The second-order valence-corrected chi connectivity index (χ2v) is 9.59. The maximum atomic E-state index is 13.5. The fraction of sp³-hybridized carbons (Fsp3) is 0.370. The lowest BCUT2D eigenvalue weighted by Gasteiger charge is -2.23. The largest absolute Gasteiger partial charge is 0.364 e. The van der Waals surface area contributed by atoms with Gasteiger partial charge in [0.2, 0.25) is 5.91 Å².